The summed E-state index contributed by atoms with van der Waals surface area (Å²) in [5.74, 6) is 0.546. The number of nitrogens with one attached hydrogen (secondary N) is 1. The second-order valence-electron chi connectivity index (χ2n) is 4.45. The SMILES string of the molecule is COC(=O)/C(C)=C/CNc1ccc(OC(C)C)cc1. The highest BCUT2D eigenvalue weighted by Gasteiger charge is 2.01. The lowest BCUT2D eigenvalue weighted by Gasteiger charge is -2.10. The van der Waals surface area contributed by atoms with E-state index in [1.54, 1.807) is 13.0 Å². The third-order valence-corrected chi connectivity index (χ3v) is 2.45. The number of carbonyl (C=O) groups excluding carboxylic acids is 1. The molecule has 0 unspecified atom stereocenters. The maximum absolute atomic E-state index is 11.2. The van der Waals surface area contributed by atoms with Crippen LogP contribution < -0.4 is 10.1 Å². The Labute approximate surface area is 114 Å². The Morgan fingerprint density at radius 3 is 2.47 bits per heavy atom. The lowest BCUT2D eigenvalue weighted by molar-refractivity contribution is -0.136. The van der Waals surface area contributed by atoms with Crippen molar-refractivity contribution in [1.29, 1.82) is 0 Å². The second-order valence-corrected chi connectivity index (χ2v) is 4.45. The van der Waals surface area contributed by atoms with Gasteiger partial charge in [0.25, 0.3) is 0 Å². The van der Waals surface area contributed by atoms with Gasteiger partial charge < -0.3 is 14.8 Å². The van der Waals surface area contributed by atoms with Crippen LogP contribution in [0.4, 0.5) is 5.69 Å². The first-order valence-corrected chi connectivity index (χ1v) is 6.28. The Morgan fingerprint density at radius 2 is 1.95 bits per heavy atom. The molecule has 1 aromatic rings. The van der Waals surface area contributed by atoms with E-state index in [-0.39, 0.29) is 12.1 Å². The number of carbonyl (C=O) groups is 1. The van der Waals surface area contributed by atoms with Gasteiger partial charge in [-0.05, 0) is 45.0 Å². The molecule has 0 aromatic heterocycles. The first-order valence-electron chi connectivity index (χ1n) is 6.28. The van der Waals surface area contributed by atoms with E-state index in [0.717, 1.165) is 11.4 Å². The molecule has 1 rings (SSSR count). The number of methoxy groups -OCH3 is 1. The van der Waals surface area contributed by atoms with Crippen LogP contribution in [0.15, 0.2) is 35.9 Å². The van der Waals surface area contributed by atoms with Crippen molar-refractivity contribution in [2.75, 3.05) is 19.0 Å². The Bertz CT molecular complexity index is 435. The molecule has 0 fully saturated rings. The quantitative estimate of drug-likeness (QED) is 0.633. The molecule has 19 heavy (non-hydrogen) atoms. The van der Waals surface area contributed by atoms with Crippen molar-refractivity contribution in [1.82, 2.24) is 0 Å². The molecule has 0 bridgehead atoms. The number of benzene rings is 1. The van der Waals surface area contributed by atoms with Gasteiger partial charge in [-0.15, -0.1) is 0 Å². The summed E-state index contributed by atoms with van der Waals surface area (Å²) in [5.41, 5.74) is 1.57. The molecule has 0 radical (unpaired) electrons. The molecule has 0 atom stereocenters. The van der Waals surface area contributed by atoms with Gasteiger partial charge in [0.1, 0.15) is 5.75 Å². The third kappa shape index (κ3) is 5.46. The van der Waals surface area contributed by atoms with Gasteiger partial charge in [-0.25, -0.2) is 4.79 Å². The number of ether oxygens (including phenoxy) is 2. The highest BCUT2D eigenvalue weighted by atomic mass is 16.5. The van der Waals surface area contributed by atoms with Gasteiger partial charge in [0.05, 0.1) is 13.2 Å². The van der Waals surface area contributed by atoms with E-state index < -0.39 is 0 Å². The van der Waals surface area contributed by atoms with Crippen molar-refractivity contribution in [3.63, 3.8) is 0 Å². The van der Waals surface area contributed by atoms with Crippen LogP contribution in [0.25, 0.3) is 0 Å². The molecule has 104 valence electrons. The predicted octanol–water partition coefficient (Wildman–Crippen LogP) is 3.01. The molecule has 0 spiro atoms. The van der Waals surface area contributed by atoms with Crippen LogP contribution >= 0.6 is 0 Å². The Morgan fingerprint density at radius 1 is 1.32 bits per heavy atom. The maximum atomic E-state index is 11.2. The molecule has 0 aliphatic heterocycles. The number of anilines is 1. The zero-order valence-electron chi connectivity index (χ0n) is 11.9. The van der Waals surface area contributed by atoms with Gasteiger partial charge in [-0.3, -0.25) is 0 Å². The fourth-order valence-electron chi connectivity index (χ4n) is 1.49. The first-order chi connectivity index (χ1) is 9.02. The monoisotopic (exact) mass is 263 g/mol. The minimum absolute atomic E-state index is 0.171. The molecule has 4 heteroatoms. The van der Waals surface area contributed by atoms with Gasteiger partial charge in [-0.2, -0.15) is 0 Å². The van der Waals surface area contributed by atoms with Crippen molar-refractivity contribution in [3.05, 3.63) is 35.9 Å². The molecule has 0 saturated heterocycles. The summed E-state index contributed by atoms with van der Waals surface area (Å²) in [6, 6.07) is 7.72. The van der Waals surface area contributed by atoms with E-state index in [2.05, 4.69) is 10.1 Å². The molecule has 1 N–H and O–H groups in total. The van der Waals surface area contributed by atoms with Crippen LogP contribution in [0.5, 0.6) is 5.75 Å². The van der Waals surface area contributed by atoms with Crippen LogP contribution in [0.3, 0.4) is 0 Å². The molecule has 0 aliphatic carbocycles. The fraction of sp³-hybridized carbons (Fsp3) is 0.400. The number of esters is 1. The van der Waals surface area contributed by atoms with Crippen molar-refractivity contribution in [3.8, 4) is 5.75 Å². The summed E-state index contributed by atoms with van der Waals surface area (Å²) in [6.45, 7) is 6.29. The second kappa shape index (κ2) is 7.46. The molecule has 1 aromatic carbocycles. The lowest BCUT2D eigenvalue weighted by Crippen LogP contribution is -2.06. The zero-order valence-corrected chi connectivity index (χ0v) is 11.9. The summed E-state index contributed by atoms with van der Waals surface area (Å²) < 4.78 is 10.2. The van der Waals surface area contributed by atoms with Gasteiger partial charge in [0.2, 0.25) is 0 Å². The summed E-state index contributed by atoms with van der Waals surface area (Å²) in [5, 5.41) is 3.20. The van der Waals surface area contributed by atoms with E-state index in [9.17, 15) is 4.79 Å². The first kappa shape index (κ1) is 15.1. The molecular formula is C15H21NO3. The largest absolute Gasteiger partial charge is 0.491 e. The Hall–Kier alpha value is -1.97. The van der Waals surface area contributed by atoms with Gasteiger partial charge in [-0.1, -0.05) is 6.08 Å². The van der Waals surface area contributed by atoms with Crippen molar-refractivity contribution < 1.29 is 14.3 Å². The van der Waals surface area contributed by atoms with Gasteiger partial charge >= 0.3 is 5.97 Å². The van der Waals surface area contributed by atoms with E-state index in [1.165, 1.54) is 7.11 Å². The van der Waals surface area contributed by atoms with E-state index in [1.807, 2.05) is 38.1 Å². The average Bonchev–Trinajstić information content (AvgIpc) is 2.39. The lowest BCUT2D eigenvalue weighted by atomic mass is 10.2. The van der Waals surface area contributed by atoms with Crippen LogP contribution in [0, 0.1) is 0 Å². The Kier molecular flexibility index (Phi) is 5.93. The molecular weight excluding hydrogens is 242 g/mol. The molecule has 4 nitrogen and oxygen atoms in total. The molecule has 0 aliphatic rings. The smallest absolute Gasteiger partial charge is 0.333 e. The highest BCUT2D eigenvalue weighted by molar-refractivity contribution is 5.87. The molecule has 0 saturated carbocycles. The van der Waals surface area contributed by atoms with Gasteiger partial charge in [0, 0.05) is 17.8 Å². The number of rotatable bonds is 6. The minimum Gasteiger partial charge on any atom is -0.491 e. The Balaban J connectivity index is 2.48. The van der Waals surface area contributed by atoms with E-state index >= 15 is 0 Å². The fourth-order valence-corrected chi connectivity index (χ4v) is 1.49. The topological polar surface area (TPSA) is 47.6 Å². The number of hydrogen-bond acceptors (Lipinski definition) is 4. The summed E-state index contributed by atoms with van der Waals surface area (Å²) in [6.07, 6.45) is 1.97. The minimum atomic E-state index is -0.303. The average molecular weight is 263 g/mol. The normalized spacial score (nSPS) is 11.3. The standard InChI is InChI=1S/C15H21NO3/c1-11(2)19-14-7-5-13(6-8-14)16-10-9-12(3)15(17)18-4/h5-9,11,16H,10H2,1-4H3/b12-9+. The van der Waals surface area contributed by atoms with Crippen LogP contribution in [-0.2, 0) is 9.53 Å². The van der Waals surface area contributed by atoms with E-state index in [4.69, 9.17) is 4.74 Å². The van der Waals surface area contributed by atoms with Crippen LogP contribution in [0.2, 0.25) is 0 Å². The van der Waals surface area contributed by atoms with Crippen molar-refractivity contribution >= 4 is 11.7 Å². The zero-order chi connectivity index (χ0) is 14.3. The highest BCUT2D eigenvalue weighted by Crippen LogP contribution is 2.16. The summed E-state index contributed by atoms with van der Waals surface area (Å²) in [4.78, 5) is 11.2. The third-order valence-electron chi connectivity index (χ3n) is 2.45. The predicted molar refractivity (Wildman–Crippen MR) is 76.5 cm³/mol. The summed E-state index contributed by atoms with van der Waals surface area (Å²) in [7, 11) is 1.38. The maximum Gasteiger partial charge on any atom is 0.333 e. The molecule has 0 heterocycles. The van der Waals surface area contributed by atoms with Crippen molar-refractivity contribution in [2.24, 2.45) is 0 Å². The van der Waals surface area contributed by atoms with Gasteiger partial charge in [0.15, 0.2) is 0 Å². The summed E-state index contributed by atoms with van der Waals surface area (Å²) >= 11 is 0. The van der Waals surface area contributed by atoms with Crippen LogP contribution in [0.1, 0.15) is 20.8 Å². The number of hydrogen-bond donors (Lipinski definition) is 1. The van der Waals surface area contributed by atoms with Crippen LogP contribution in [-0.4, -0.2) is 25.7 Å². The van der Waals surface area contributed by atoms with Crippen molar-refractivity contribution in [2.45, 2.75) is 26.9 Å². The molecule has 0 amide bonds. The van der Waals surface area contributed by atoms with E-state index in [0.29, 0.717) is 12.1 Å².